The maximum atomic E-state index is 13.8. The zero-order chi connectivity index (χ0) is 21.1. The van der Waals surface area contributed by atoms with E-state index in [9.17, 15) is 19.1 Å². The van der Waals surface area contributed by atoms with Crippen LogP contribution in [0.15, 0.2) is 72.8 Å². The van der Waals surface area contributed by atoms with Crippen LogP contribution in [0, 0.1) is 5.82 Å². The van der Waals surface area contributed by atoms with Gasteiger partial charge in [-0.05, 0) is 33.9 Å². The highest BCUT2D eigenvalue weighted by atomic mass is 19.1. The molecule has 0 spiro atoms. The number of hydrogen-bond donors (Lipinski definition) is 2. The van der Waals surface area contributed by atoms with Crippen LogP contribution >= 0.6 is 0 Å². The molecule has 0 bridgehead atoms. The van der Waals surface area contributed by atoms with Gasteiger partial charge in [-0.25, -0.2) is 14.0 Å². The minimum atomic E-state index is -1.29. The first-order valence-corrected chi connectivity index (χ1v) is 9.62. The average molecular weight is 405 g/mol. The minimum absolute atomic E-state index is 0.0753. The Balaban J connectivity index is 1.44. The molecular weight excluding hydrogens is 385 g/mol. The molecule has 0 saturated heterocycles. The number of aliphatic carboxylic acids is 1. The van der Waals surface area contributed by atoms with E-state index < -0.39 is 23.9 Å². The van der Waals surface area contributed by atoms with Crippen molar-refractivity contribution in [1.29, 1.82) is 0 Å². The Hall–Kier alpha value is -3.67. The molecule has 3 aromatic carbocycles. The van der Waals surface area contributed by atoms with E-state index in [1.54, 1.807) is 6.07 Å². The van der Waals surface area contributed by atoms with E-state index >= 15 is 0 Å². The number of hydrogen-bond acceptors (Lipinski definition) is 3. The Bertz CT molecular complexity index is 1050. The van der Waals surface area contributed by atoms with Gasteiger partial charge in [0.2, 0.25) is 0 Å². The number of carbonyl (C=O) groups excluding carboxylic acids is 1. The van der Waals surface area contributed by atoms with E-state index in [2.05, 4.69) is 5.32 Å². The first kappa shape index (κ1) is 19.6. The minimum Gasteiger partial charge on any atom is -0.480 e. The highest BCUT2D eigenvalue weighted by molar-refractivity contribution is 5.81. The van der Waals surface area contributed by atoms with Gasteiger partial charge < -0.3 is 15.2 Å². The van der Waals surface area contributed by atoms with Crippen molar-refractivity contribution in [1.82, 2.24) is 5.32 Å². The Morgan fingerprint density at radius 2 is 1.50 bits per heavy atom. The van der Waals surface area contributed by atoms with E-state index in [1.807, 2.05) is 48.5 Å². The predicted octanol–water partition coefficient (Wildman–Crippen LogP) is 4.36. The largest absolute Gasteiger partial charge is 0.480 e. The summed E-state index contributed by atoms with van der Waals surface area (Å²) in [6.45, 7) is 0.0753. The maximum absolute atomic E-state index is 13.8. The van der Waals surface area contributed by atoms with Crippen LogP contribution in [0.2, 0.25) is 0 Å². The summed E-state index contributed by atoms with van der Waals surface area (Å²) in [7, 11) is 0. The zero-order valence-corrected chi connectivity index (χ0v) is 16.0. The monoisotopic (exact) mass is 405 g/mol. The standard InChI is InChI=1S/C24H20FNO4/c25-21-12-6-1-7-15(21)13-22(23(27)28)26-24(29)30-14-20-18-10-4-2-8-16(18)17-9-3-5-11-19(17)20/h1-12,20,22H,13-14H2,(H,26,29)(H,27,28)/t22-/m0/s1. The van der Waals surface area contributed by atoms with Crippen LogP contribution in [0.4, 0.5) is 9.18 Å². The SMILES string of the molecule is O=C(N[C@@H](Cc1ccccc1F)C(=O)O)OCC1c2ccccc2-c2ccccc21. The van der Waals surface area contributed by atoms with Crippen molar-refractivity contribution in [2.24, 2.45) is 0 Å². The fourth-order valence-corrected chi connectivity index (χ4v) is 3.87. The molecule has 6 heteroatoms. The third kappa shape index (κ3) is 3.89. The number of carbonyl (C=O) groups is 2. The molecule has 0 heterocycles. The summed E-state index contributed by atoms with van der Waals surface area (Å²) in [5, 5.41) is 11.8. The lowest BCUT2D eigenvalue weighted by Crippen LogP contribution is -2.43. The molecule has 5 nitrogen and oxygen atoms in total. The molecular formula is C24H20FNO4. The van der Waals surface area contributed by atoms with Gasteiger partial charge in [0.25, 0.3) is 0 Å². The van der Waals surface area contributed by atoms with Crippen LogP contribution in [0.3, 0.4) is 0 Å². The molecule has 152 valence electrons. The van der Waals surface area contributed by atoms with Gasteiger partial charge >= 0.3 is 12.1 Å². The first-order chi connectivity index (χ1) is 14.5. The van der Waals surface area contributed by atoms with Crippen molar-refractivity contribution in [2.75, 3.05) is 6.61 Å². The van der Waals surface area contributed by atoms with Gasteiger partial charge in [0.15, 0.2) is 0 Å². The highest BCUT2D eigenvalue weighted by Crippen LogP contribution is 2.44. The number of ether oxygens (including phenoxy) is 1. The van der Waals surface area contributed by atoms with Crippen LogP contribution in [0.1, 0.15) is 22.6 Å². The van der Waals surface area contributed by atoms with Gasteiger partial charge in [-0.15, -0.1) is 0 Å². The molecule has 0 unspecified atom stereocenters. The van der Waals surface area contributed by atoms with Crippen molar-refractivity contribution >= 4 is 12.1 Å². The third-order valence-corrected chi connectivity index (χ3v) is 5.32. The second-order valence-corrected chi connectivity index (χ2v) is 7.16. The second kappa shape index (κ2) is 8.37. The molecule has 1 atom stereocenters. The summed E-state index contributed by atoms with van der Waals surface area (Å²) in [5.41, 5.74) is 4.54. The van der Waals surface area contributed by atoms with Crippen molar-refractivity contribution in [3.8, 4) is 11.1 Å². The number of rotatable bonds is 6. The molecule has 0 aliphatic heterocycles. The molecule has 1 aliphatic carbocycles. The Labute approximate surface area is 173 Å². The zero-order valence-electron chi connectivity index (χ0n) is 16.0. The molecule has 2 N–H and O–H groups in total. The molecule has 4 rings (SSSR count). The summed E-state index contributed by atoms with van der Waals surface area (Å²) >= 11 is 0. The van der Waals surface area contributed by atoms with Gasteiger partial charge in [0.1, 0.15) is 18.5 Å². The van der Waals surface area contributed by atoms with E-state index in [0.29, 0.717) is 0 Å². The summed E-state index contributed by atoms with van der Waals surface area (Å²) in [6.07, 6.45) is -1.02. The average Bonchev–Trinajstić information content (AvgIpc) is 3.07. The molecule has 0 aromatic heterocycles. The van der Waals surface area contributed by atoms with E-state index in [0.717, 1.165) is 22.3 Å². The molecule has 0 radical (unpaired) electrons. The van der Waals surface area contributed by atoms with Crippen molar-refractivity contribution in [2.45, 2.75) is 18.4 Å². The second-order valence-electron chi connectivity index (χ2n) is 7.16. The lowest BCUT2D eigenvalue weighted by molar-refractivity contribution is -0.139. The number of benzene rings is 3. The summed E-state index contributed by atoms with van der Waals surface area (Å²) in [4.78, 5) is 23.9. The van der Waals surface area contributed by atoms with E-state index in [-0.39, 0.29) is 24.5 Å². The molecule has 3 aromatic rings. The lowest BCUT2D eigenvalue weighted by atomic mass is 9.98. The van der Waals surface area contributed by atoms with E-state index in [4.69, 9.17) is 4.74 Å². The number of amides is 1. The number of nitrogens with one attached hydrogen (secondary N) is 1. The number of carboxylic acids is 1. The quantitative estimate of drug-likeness (QED) is 0.639. The molecule has 0 saturated carbocycles. The van der Waals surface area contributed by atoms with Crippen LogP contribution < -0.4 is 5.32 Å². The van der Waals surface area contributed by atoms with Crippen molar-refractivity contribution in [3.05, 3.63) is 95.3 Å². The van der Waals surface area contributed by atoms with Gasteiger partial charge in [-0.1, -0.05) is 66.7 Å². The van der Waals surface area contributed by atoms with Crippen LogP contribution in [-0.2, 0) is 16.0 Å². The summed E-state index contributed by atoms with van der Waals surface area (Å²) < 4.78 is 19.2. The fourth-order valence-electron chi connectivity index (χ4n) is 3.87. The Kier molecular flexibility index (Phi) is 5.48. The number of alkyl carbamates (subject to hydrolysis) is 1. The molecule has 1 aliphatic rings. The molecule has 1 amide bonds. The van der Waals surface area contributed by atoms with Crippen molar-refractivity contribution < 1.29 is 23.8 Å². The smallest absolute Gasteiger partial charge is 0.407 e. The third-order valence-electron chi connectivity index (χ3n) is 5.32. The van der Waals surface area contributed by atoms with Gasteiger partial charge in [0, 0.05) is 12.3 Å². The molecule has 0 fully saturated rings. The number of carboxylic acid groups (broad SMARTS) is 1. The summed E-state index contributed by atoms with van der Waals surface area (Å²) in [5.74, 6) is -1.90. The number of halogens is 1. The summed E-state index contributed by atoms with van der Waals surface area (Å²) in [6, 6.07) is 20.4. The lowest BCUT2D eigenvalue weighted by Gasteiger charge is -2.17. The van der Waals surface area contributed by atoms with Gasteiger partial charge in [-0.3, -0.25) is 0 Å². The van der Waals surface area contributed by atoms with Crippen LogP contribution in [0.5, 0.6) is 0 Å². The Morgan fingerprint density at radius 1 is 0.933 bits per heavy atom. The first-order valence-electron chi connectivity index (χ1n) is 9.62. The number of fused-ring (bicyclic) bond motifs is 3. The molecule has 30 heavy (non-hydrogen) atoms. The van der Waals surface area contributed by atoms with Crippen LogP contribution in [-0.4, -0.2) is 29.8 Å². The topological polar surface area (TPSA) is 75.6 Å². The van der Waals surface area contributed by atoms with Gasteiger partial charge in [-0.2, -0.15) is 0 Å². The van der Waals surface area contributed by atoms with Gasteiger partial charge in [0.05, 0.1) is 0 Å². The van der Waals surface area contributed by atoms with Crippen LogP contribution in [0.25, 0.3) is 11.1 Å². The maximum Gasteiger partial charge on any atom is 0.407 e. The normalized spacial score (nSPS) is 13.2. The predicted molar refractivity (Wildman–Crippen MR) is 110 cm³/mol. The fraction of sp³-hybridized carbons (Fsp3) is 0.167. The van der Waals surface area contributed by atoms with Crippen molar-refractivity contribution in [3.63, 3.8) is 0 Å². The highest BCUT2D eigenvalue weighted by Gasteiger charge is 2.30. The van der Waals surface area contributed by atoms with E-state index in [1.165, 1.54) is 18.2 Å². The Morgan fingerprint density at radius 3 is 2.10 bits per heavy atom.